The lowest BCUT2D eigenvalue weighted by molar-refractivity contribution is -0.115. The maximum atomic E-state index is 11.5. The molecule has 1 aromatic rings. The highest BCUT2D eigenvalue weighted by atomic mass is 35.7. The maximum Gasteiger partial charge on any atom is 0.321 e. The van der Waals surface area contributed by atoms with Gasteiger partial charge in [0.25, 0.3) is 5.91 Å². The van der Waals surface area contributed by atoms with E-state index in [0.29, 0.717) is 12.0 Å². The number of benzene rings is 1. The summed E-state index contributed by atoms with van der Waals surface area (Å²) in [7, 11) is 0.915. The second kappa shape index (κ2) is 3.92. The summed E-state index contributed by atoms with van der Waals surface area (Å²) < 4.78 is 23.1. The third kappa shape index (κ3) is 2.43. The molecule has 0 atom stereocenters. The van der Waals surface area contributed by atoms with Crippen LogP contribution in [0.3, 0.4) is 0 Å². The summed E-state index contributed by atoms with van der Waals surface area (Å²) in [5.41, 5.74) is 2.32. The Bertz CT molecular complexity index is 577. The molecule has 1 aliphatic rings. The van der Waals surface area contributed by atoms with Crippen molar-refractivity contribution in [3.8, 4) is 0 Å². The predicted octanol–water partition coefficient (Wildman–Crippen LogP) is 1.23. The number of hydrogen-bond donors (Lipinski definition) is 1. The highest BCUT2D eigenvalue weighted by Gasteiger charge is 2.20. The van der Waals surface area contributed by atoms with Crippen LogP contribution >= 0.6 is 10.7 Å². The Morgan fingerprint density at radius 2 is 2.00 bits per heavy atom. The molecular weight excluding hydrogens is 250 g/mol. The number of rotatable bonds is 2. The minimum atomic E-state index is -4.02. The first-order chi connectivity index (χ1) is 7.46. The van der Waals surface area contributed by atoms with E-state index in [9.17, 15) is 13.2 Å². The molecular formula is C10H8ClNO3S. The molecule has 0 radical (unpaired) electrons. The zero-order valence-electron chi connectivity index (χ0n) is 8.10. The number of nitrogens with one attached hydrogen (secondary N) is 1. The third-order valence-electron chi connectivity index (χ3n) is 2.27. The Morgan fingerprint density at radius 1 is 1.31 bits per heavy atom. The van der Waals surface area contributed by atoms with Crippen LogP contribution in [0.15, 0.2) is 29.8 Å². The molecule has 1 aromatic carbocycles. The summed E-state index contributed by atoms with van der Waals surface area (Å²) in [5.74, 6) is -0.675. The molecule has 0 fully saturated rings. The monoisotopic (exact) mass is 257 g/mol. The number of hydrogen-bond acceptors (Lipinski definition) is 3. The van der Waals surface area contributed by atoms with Crippen LogP contribution in [0.5, 0.6) is 0 Å². The fraction of sp³-hybridized carbons (Fsp3) is 0.100. The lowest BCUT2D eigenvalue weighted by atomic mass is 10.1. The van der Waals surface area contributed by atoms with Crippen molar-refractivity contribution in [3.05, 3.63) is 41.0 Å². The molecule has 1 amide bonds. The van der Waals surface area contributed by atoms with Crippen molar-refractivity contribution in [2.75, 3.05) is 0 Å². The minimum absolute atomic E-state index is 0.394. The van der Waals surface area contributed by atoms with Crippen molar-refractivity contribution in [1.82, 2.24) is 4.72 Å². The van der Waals surface area contributed by atoms with Crippen LogP contribution in [0.2, 0.25) is 0 Å². The molecule has 0 bridgehead atoms. The lowest BCUT2D eigenvalue weighted by Gasteiger charge is -2.01. The first kappa shape index (κ1) is 11.2. The van der Waals surface area contributed by atoms with E-state index in [-0.39, 0.29) is 0 Å². The van der Waals surface area contributed by atoms with Gasteiger partial charge in [0, 0.05) is 22.7 Å². The van der Waals surface area contributed by atoms with Gasteiger partial charge in [-0.1, -0.05) is 24.3 Å². The Labute approximate surface area is 97.5 Å². The Hall–Kier alpha value is -1.33. The van der Waals surface area contributed by atoms with Gasteiger partial charge in [-0.05, 0) is 17.2 Å². The predicted molar refractivity (Wildman–Crippen MR) is 61.0 cm³/mol. The summed E-state index contributed by atoms with van der Waals surface area (Å²) in [4.78, 5) is 11.5. The lowest BCUT2D eigenvalue weighted by Crippen LogP contribution is -2.27. The number of halogens is 1. The molecule has 0 heterocycles. The van der Waals surface area contributed by atoms with Crippen LogP contribution in [-0.4, -0.2) is 14.3 Å². The van der Waals surface area contributed by atoms with Gasteiger partial charge in [-0.3, -0.25) is 4.79 Å². The van der Waals surface area contributed by atoms with Crippen LogP contribution in [0.25, 0.3) is 6.08 Å². The van der Waals surface area contributed by atoms with E-state index in [4.69, 9.17) is 10.7 Å². The molecule has 0 unspecified atom stereocenters. The highest BCUT2D eigenvalue weighted by molar-refractivity contribution is 8.12. The SMILES string of the molecule is O=C(NS(=O)(=O)Cl)C1=Cc2ccccc2C1. The number of amides is 1. The fourth-order valence-electron chi connectivity index (χ4n) is 1.60. The molecule has 0 spiro atoms. The van der Waals surface area contributed by atoms with Crippen molar-refractivity contribution in [2.45, 2.75) is 6.42 Å². The van der Waals surface area contributed by atoms with E-state index >= 15 is 0 Å². The molecule has 0 saturated carbocycles. The maximum absolute atomic E-state index is 11.5. The van der Waals surface area contributed by atoms with Gasteiger partial charge in [-0.15, -0.1) is 0 Å². The van der Waals surface area contributed by atoms with Crippen molar-refractivity contribution in [1.29, 1.82) is 0 Å². The van der Waals surface area contributed by atoms with Gasteiger partial charge in [0.1, 0.15) is 0 Å². The van der Waals surface area contributed by atoms with Crippen molar-refractivity contribution in [2.24, 2.45) is 0 Å². The number of carbonyl (C=O) groups excluding carboxylic acids is 1. The third-order valence-corrected chi connectivity index (χ3v) is 2.93. The van der Waals surface area contributed by atoms with Crippen LogP contribution < -0.4 is 4.72 Å². The number of carbonyl (C=O) groups is 1. The molecule has 0 aliphatic heterocycles. The molecule has 84 valence electrons. The largest absolute Gasteiger partial charge is 0.321 e. The molecule has 4 nitrogen and oxygen atoms in total. The van der Waals surface area contributed by atoms with Crippen molar-refractivity contribution < 1.29 is 13.2 Å². The van der Waals surface area contributed by atoms with Crippen LogP contribution in [-0.2, 0) is 20.5 Å². The average molecular weight is 258 g/mol. The van der Waals surface area contributed by atoms with Crippen LogP contribution in [0, 0.1) is 0 Å². The molecule has 0 saturated heterocycles. The van der Waals surface area contributed by atoms with Crippen LogP contribution in [0.4, 0.5) is 0 Å². The quantitative estimate of drug-likeness (QED) is 0.811. The summed E-state index contributed by atoms with van der Waals surface area (Å²) in [6.07, 6.45) is 2.08. The van der Waals surface area contributed by atoms with Gasteiger partial charge in [0.2, 0.25) is 0 Å². The Balaban J connectivity index is 2.20. The molecule has 0 aromatic heterocycles. The summed E-state index contributed by atoms with van der Waals surface area (Å²) >= 11 is 0. The zero-order chi connectivity index (χ0) is 11.8. The van der Waals surface area contributed by atoms with E-state index < -0.39 is 15.1 Å². The number of fused-ring (bicyclic) bond motifs is 1. The summed E-state index contributed by atoms with van der Waals surface area (Å²) in [6, 6.07) is 7.48. The summed E-state index contributed by atoms with van der Waals surface area (Å²) in [6.45, 7) is 0. The molecule has 16 heavy (non-hydrogen) atoms. The smallest absolute Gasteiger partial charge is 0.269 e. The van der Waals surface area contributed by atoms with E-state index in [1.807, 2.05) is 24.3 Å². The second-order valence-corrected chi connectivity index (χ2v) is 5.71. The molecule has 1 N–H and O–H groups in total. The average Bonchev–Trinajstić information content (AvgIpc) is 2.58. The van der Waals surface area contributed by atoms with Gasteiger partial charge in [0.05, 0.1) is 0 Å². The van der Waals surface area contributed by atoms with Gasteiger partial charge < -0.3 is 0 Å². The zero-order valence-corrected chi connectivity index (χ0v) is 9.68. The minimum Gasteiger partial charge on any atom is -0.269 e. The van der Waals surface area contributed by atoms with Crippen LogP contribution in [0.1, 0.15) is 11.1 Å². The fourth-order valence-corrected chi connectivity index (χ4v) is 2.16. The second-order valence-electron chi connectivity index (χ2n) is 3.41. The van der Waals surface area contributed by atoms with Gasteiger partial charge in [-0.25, -0.2) is 4.72 Å². The van der Waals surface area contributed by atoms with Gasteiger partial charge in [0.15, 0.2) is 0 Å². The normalized spacial score (nSPS) is 14.2. The standard InChI is InChI=1S/C10H8ClNO3S/c11-16(14,15)12-10(13)9-5-7-3-1-2-4-8(7)6-9/h1-5H,6H2,(H,12,13). The summed E-state index contributed by atoms with van der Waals surface area (Å²) in [5, 5.41) is 0. The molecule has 6 heteroatoms. The van der Waals surface area contributed by atoms with Gasteiger partial charge >= 0.3 is 9.24 Å². The first-order valence-electron chi connectivity index (χ1n) is 4.51. The van der Waals surface area contributed by atoms with Gasteiger partial charge in [-0.2, -0.15) is 8.42 Å². The first-order valence-corrected chi connectivity index (χ1v) is 6.82. The van der Waals surface area contributed by atoms with Crippen molar-refractivity contribution in [3.63, 3.8) is 0 Å². The van der Waals surface area contributed by atoms with Crippen molar-refractivity contribution >= 4 is 31.9 Å². The molecule has 2 rings (SSSR count). The Morgan fingerprint density at radius 3 is 2.62 bits per heavy atom. The van der Waals surface area contributed by atoms with E-state index in [1.54, 1.807) is 10.8 Å². The topological polar surface area (TPSA) is 63.2 Å². The van der Waals surface area contributed by atoms with E-state index in [2.05, 4.69) is 0 Å². The Kier molecular flexibility index (Phi) is 2.73. The highest BCUT2D eigenvalue weighted by Crippen LogP contribution is 2.24. The molecule has 1 aliphatic carbocycles. The van der Waals surface area contributed by atoms with E-state index in [0.717, 1.165) is 11.1 Å². The van der Waals surface area contributed by atoms with E-state index in [1.165, 1.54) is 0 Å².